The number of hydrogen-bond donors (Lipinski definition) is 2. The Balaban J connectivity index is 1.48. The Bertz CT molecular complexity index is 971. The number of nitrogens with zero attached hydrogens (tertiary/aromatic N) is 2. The van der Waals surface area contributed by atoms with Crippen molar-refractivity contribution < 1.29 is 13.6 Å². The van der Waals surface area contributed by atoms with Gasteiger partial charge < -0.3 is 5.32 Å². The average molecular weight is 368 g/mol. The number of hydrogen-bond acceptors (Lipinski definition) is 3. The molecule has 3 aromatic rings. The van der Waals surface area contributed by atoms with E-state index in [1.807, 2.05) is 35.2 Å². The molecular weight excluding hydrogens is 350 g/mol. The van der Waals surface area contributed by atoms with E-state index >= 15 is 0 Å². The molecule has 1 aliphatic rings. The number of halogens is 2. The normalized spacial score (nSPS) is 14.0. The van der Waals surface area contributed by atoms with Crippen molar-refractivity contribution in [3.63, 3.8) is 0 Å². The van der Waals surface area contributed by atoms with Gasteiger partial charge in [0.2, 0.25) is 5.91 Å². The number of benzene rings is 2. The molecule has 0 fully saturated rings. The lowest BCUT2D eigenvalue weighted by Gasteiger charge is -2.26. The summed E-state index contributed by atoms with van der Waals surface area (Å²) in [6.07, 6.45) is 0.713. The van der Waals surface area contributed by atoms with Crippen LogP contribution in [0.3, 0.4) is 0 Å². The molecule has 138 valence electrons. The topological polar surface area (TPSA) is 61.0 Å². The van der Waals surface area contributed by atoms with E-state index in [2.05, 4.69) is 15.5 Å². The molecule has 0 unspecified atom stereocenters. The minimum Gasteiger partial charge on any atom is -0.325 e. The Morgan fingerprint density at radius 2 is 1.96 bits per heavy atom. The molecule has 2 aromatic carbocycles. The molecule has 1 amide bonds. The minimum absolute atomic E-state index is 0.0949. The molecule has 2 N–H and O–H groups in total. The van der Waals surface area contributed by atoms with Gasteiger partial charge in [0, 0.05) is 42.0 Å². The van der Waals surface area contributed by atoms with Crippen LogP contribution in [-0.2, 0) is 17.8 Å². The van der Waals surface area contributed by atoms with Crippen molar-refractivity contribution in [2.24, 2.45) is 0 Å². The van der Waals surface area contributed by atoms with Gasteiger partial charge in [0.05, 0.1) is 12.2 Å². The summed E-state index contributed by atoms with van der Waals surface area (Å²) >= 11 is 0. The first-order chi connectivity index (χ1) is 13.1. The molecular formula is C20H18F2N4O. The molecule has 7 heteroatoms. The van der Waals surface area contributed by atoms with E-state index in [1.54, 1.807) is 0 Å². The van der Waals surface area contributed by atoms with Gasteiger partial charge in [0.1, 0.15) is 0 Å². The summed E-state index contributed by atoms with van der Waals surface area (Å²) in [6.45, 7) is 1.48. The number of para-hydroxylation sites is 1. The van der Waals surface area contributed by atoms with Gasteiger partial charge in [-0.1, -0.05) is 18.2 Å². The van der Waals surface area contributed by atoms with Gasteiger partial charge in [-0.25, -0.2) is 8.78 Å². The van der Waals surface area contributed by atoms with Crippen LogP contribution in [0.2, 0.25) is 0 Å². The van der Waals surface area contributed by atoms with Crippen LogP contribution in [0, 0.1) is 11.6 Å². The van der Waals surface area contributed by atoms with Gasteiger partial charge in [-0.15, -0.1) is 0 Å². The van der Waals surface area contributed by atoms with Gasteiger partial charge in [-0.2, -0.15) is 5.10 Å². The number of anilines is 1. The first-order valence-corrected chi connectivity index (χ1v) is 8.69. The Labute approximate surface area is 155 Å². The van der Waals surface area contributed by atoms with E-state index in [4.69, 9.17) is 0 Å². The lowest BCUT2D eigenvalue weighted by Crippen LogP contribution is -2.37. The Morgan fingerprint density at radius 1 is 1.15 bits per heavy atom. The molecule has 5 nitrogen and oxygen atoms in total. The van der Waals surface area contributed by atoms with Crippen LogP contribution < -0.4 is 5.32 Å². The van der Waals surface area contributed by atoms with Crippen LogP contribution in [0.4, 0.5) is 14.5 Å². The van der Waals surface area contributed by atoms with E-state index in [-0.39, 0.29) is 12.5 Å². The van der Waals surface area contributed by atoms with Gasteiger partial charge in [-0.3, -0.25) is 14.8 Å². The molecule has 0 aliphatic carbocycles. The molecule has 0 atom stereocenters. The van der Waals surface area contributed by atoms with Crippen molar-refractivity contribution >= 4 is 11.6 Å². The third kappa shape index (κ3) is 3.73. The minimum atomic E-state index is -0.904. The second-order valence-corrected chi connectivity index (χ2v) is 6.53. The fourth-order valence-electron chi connectivity index (χ4n) is 3.29. The Morgan fingerprint density at radius 3 is 2.74 bits per heavy atom. The van der Waals surface area contributed by atoms with Crippen LogP contribution >= 0.6 is 0 Å². The second-order valence-electron chi connectivity index (χ2n) is 6.53. The number of carbonyl (C=O) groups is 1. The van der Waals surface area contributed by atoms with Gasteiger partial charge in [0.25, 0.3) is 0 Å². The molecule has 0 radical (unpaired) electrons. The van der Waals surface area contributed by atoms with Gasteiger partial charge >= 0.3 is 0 Å². The molecule has 0 saturated heterocycles. The molecule has 0 spiro atoms. The van der Waals surface area contributed by atoms with Crippen molar-refractivity contribution in [3.05, 3.63) is 71.4 Å². The van der Waals surface area contributed by atoms with Crippen molar-refractivity contribution in [3.8, 4) is 11.3 Å². The number of carbonyl (C=O) groups excluding carboxylic acids is 1. The monoisotopic (exact) mass is 368 g/mol. The lowest BCUT2D eigenvalue weighted by atomic mass is 10.0. The van der Waals surface area contributed by atoms with Crippen molar-refractivity contribution in [1.29, 1.82) is 0 Å². The highest BCUT2D eigenvalue weighted by Gasteiger charge is 2.24. The summed E-state index contributed by atoms with van der Waals surface area (Å²) in [6, 6.07) is 13.0. The Hall–Kier alpha value is -3.06. The number of amides is 1. The number of fused-ring (bicyclic) bond motifs is 1. The largest absolute Gasteiger partial charge is 0.325 e. The van der Waals surface area contributed by atoms with E-state index in [9.17, 15) is 13.6 Å². The first kappa shape index (κ1) is 17.4. The maximum absolute atomic E-state index is 13.6. The molecule has 1 aliphatic heterocycles. The fourth-order valence-corrected chi connectivity index (χ4v) is 3.29. The third-order valence-electron chi connectivity index (χ3n) is 4.63. The predicted molar refractivity (Wildman–Crippen MR) is 98.0 cm³/mol. The number of H-pyrrole nitrogens is 1. The third-order valence-corrected chi connectivity index (χ3v) is 4.63. The molecule has 0 bridgehead atoms. The SMILES string of the molecule is O=C(CN1CCc2[nH]nc(-c3ccc(F)c(F)c3)c2C1)Nc1ccccc1. The van der Waals surface area contributed by atoms with E-state index in [0.29, 0.717) is 30.8 Å². The van der Waals surface area contributed by atoms with Crippen molar-refractivity contribution in [2.75, 3.05) is 18.4 Å². The Kier molecular flexibility index (Phi) is 4.68. The highest BCUT2D eigenvalue weighted by Crippen LogP contribution is 2.29. The smallest absolute Gasteiger partial charge is 0.238 e. The fraction of sp³-hybridized carbons (Fsp3) is 0.200. The number of aromatic nitrogens is 2. The zero-order chi connectivity index (χ0) is 18.8. The molecule has 1 aromatic heterocycles. The van der Waals surface area contributed by atoms with E-state index in [0.717, 1.165) is 29.1 Å². The summed E-state index contributed by atoms with van der Waals surface area (Å²) in [7, 11) is 0. The zero-order valence-corrected chi connectivity index (χ0v) is 14.5. The summed E-state index contributed by atoms with van der Waals surface area (Å²) in [5, 5.41) is 10.1. The summed E-state index contributed by atoms with van der Waals surface area (Å²) in [5.74, 6) is -1.89. The number of nitrogens with one attached hydrogen (secondary N) is 2. The maximum atomic E-state index is 13.6. The highest BCUT2D eigenvalue weighted by molar-refractivity contribution is 5.92. The molecule has 0 saturated carbocycles. The van der Waals surface area contributed by atoms with Crippen LogP contribution in [0.25, 0.3) is 11.3 Å². The number of rotatable bonds is 4. The van der Waals surface area contributed by atoms with Gasteiger partial charge in [-0.05, 0) is 30.3 Å². The van der Waals surface area contributed by atoms with Crippen LogP contribution in [0.1, 0.15) is 11.3 Å². The van der Waals surface area contributed by atoms with Crippen LogP contribution in [0.15, 0.2) is 48.5 Å². The van der Waals surface area contributed by atoms with Crippen LogP contribution in [-0.4, -0.2) is 34.1 Å². The number of aromatic amines is 1. The average Bonchev–Trinajstić information content (AvgIpc) is 3.08. The molecule has 4 rings (SSSR count). The first-order valence-electron chi connectivity index (χ1n) is 8.69. The lowest BCUT2D eigenvalue weighted by molar-refractivity contribution is -0.117. The summed E-state index contributed by atoms with van der Waals surface area (Å²) in [4.78, 5) is 14.3. The zero-order valence-electron chi connectivity index (χ0n) is 14.5. The summed E-state index contributed by atoms with van der Waals surface area (Å²) in [5.41, 5.74) is 3.75. The van der Waals surface area contributed by atoms with Gasteiger partial charge in [0.15, 0.2) is 11.6 Å². The molecule has 27 heavy (non-hydrogen) atoms. The van der Waals surface area contributed by atoms with Crippen LogP contribution in [0.5, 0.6) is 0 Å². The predicted octanol–water partition coefficient (Wildman–Crippen LogP) is 3.35. The standard InChI is InChI=1S/C20H18F2N4O/c21-16-7-6-13(10-17(16)22)20-15-11-26(9-8-18(15)24-25-20)12-19(27)23-14-4-2-1-3-5-14/h1-7,10H,8-9,11-12H2,(H,23,27)(H,24,25). The van der Waals surface area contributed by atoms with E-state index in [1.165, 1.54) is 6.07 Å². The highest BCUT2D eigenvalue weighted by atomic mass is 19.2. The quantitative estimate of drug-likeness (QED) is 0.742. The summed E-state index contributed by atoms with van der Waals surface area (Å²) < 4.78 is 26.8. The molecule has 2 heterocycles. The van der Waals surface area contributed by atoms with E-state index < -0.39 is 11.6 Å². The van der Waals surface area contributed by atoms with Crippen molar-refractivity contribution in [1.82, 2.24) is 15.1 Å². The maximum Gasteiger partial charge on any atom is 0.238 e. The second kappa shape index (κ2) is 7.28. The van der Waals surface area contributed by atoms with Crippen molar-refractivity contribution in [2.45, 2.75) is 13.0 Å².